The van der Waals surface area contributed by atoms with Gasteiger partial charge in [-0.1, -0.05) is 55.1 Å². The highest BCUT2D eigenvalue weighted by molar-refractivity contribution is 7.98. The van der Waals surface area contributed by atoms with Gasteiger partial charge in [-0.3, -0.25) is 0 Å². The molecule has 25 heavy (non-hydrogen) atoms. The Hall–Kier alpha value is -2.84. The van der Waals surface area contributed by atoms with Gasteiger partial charge in [0.2, 0.25) is 5.88 Å². The highest BCUT2D eigenvalue weighted by Gasteiger charge is 2.08. The van der Waals surface area contributed by atoms with Crippen molar-refractivity contribution in [3.05, 3.63) is 77.5 Å². The minimum absolute atomic E-state index is 0.536. The number of thioether (sulfide) groups is 1. The molecule has 0 bridgehead atoms. The van der Waals surface area contributed by atoms with E-state index in [2.05, 4.69) is 16.0 Å². The van der Waals surface area contributed by atoms with Crippen LogP contribution in [0.15, 0.2) is 65.8 Å². The quantitative estimate of drug-likeness (QED) is 0.464. The predicted molar refractivity (Wildman–Crippen MR) is 98.6 cm³/mol. The second-order valence-corrected chi connectivity index (χ2v) is 6.25. The van der Waals surface area contributed by atoms with Crippen LogP contribution in [0.4, 0.5) is 0 Å². The average Bonchev–Trinajstić information content (AvgIpc) is 2.67. The van der Waals surface area contributed by atoms with E-state index in [4.69, 9.17) is 4.74 Å². The molecule has 3 aromatic rings. The first-order valence-corrected chi connectivity index (χ1v) is 8.98. The van der Waals surface area contributed by atoms with Crippen molar-refractivity contribution in [2.45, 2.75) is 24.3 Å². The third-order valence-corrected chi connectivity index (χ3v) is 4.45. The number of hydrogen-bond donors (Lipinski definition) is 0. The second kappa shape index (κ2) is 8.32. The number of benzene rings is 2. The maximum Gasteiger partial charge on any atom is 0.223 e. The topological polar surface area (TPSA) is 58.8 Å². The molecular formula is C20H17N3OS. The zero-order valence-corrected chi connectivity index (χ0v) is 14.7. The van der Waals surface area contributed by atoms with E-state index in [0.717, 1.165) is 23.4 Å². The molecule has 1 heterocycles. The van der Waals surface area contributed by atoms with Gasteiger partial charge in [-0.2, -0.15) is 10.2 Å². The summed E-state index contributed by atoms with van der Waals surface area (Å²) in [5, 5.41) is 9.85. The average molecular weight is 347 g/mol. The van der Waals surface area contributed by atoms with Crippen LogP contribution in [-0.2, 0) is 12.2 Å². The Morgan fingerprint density at radius 2 is 1.80 bits per heavy atom. The van der Waals surface area contributed by atoms with E-state index in [1.165, 1.54) is 11.8 Å². The third kappa shape index (κ3) is 4.59. The summed E-state index contributed by atoms with van der Waals surface area (Å²) in [7, 11) is 0. The predicted octanol–water partition coefficient (Wildman–Crippen LogP) is 5.00. The van der Waals surface area contributed by atoms with Crippen molar-refractivity contribution in [2.75, 3.05) is 0 Å². The number of para-hydroxylation sites is 1. The van der Waals surface area contributed by atoms with Crippen molar-refractivity contribution < 1.29 is 4.74 Å². The largest absolute Gasteiger partial charge is 0.439 e. The zero-order chi connectivity index (χ0) is 17.5. The molecule has 0 unspecified atom stereocenters. The maximum atomic E-state index is 9.20. The molecule has 0 aliphatic carbocycles. The van der Waals surface area contributed by atoms with E-state index in [1.54, 1.807) is 0 Å². The van der Waals surface area contributed by atoms with E-state index >= 15 is 0 Å². The number of hydrogen-bond acceptors (Lipinski definition) is 5. The second-order valence-electron chi connectivity index (χ2n) is 5.31. The van der Waals surface area contributed by atoms with Gasteiger partial charge in [0.25, 0.3) is 0 Å². The summed E-state index contributed by atoms with van der Waals surface area (Å²) in [6.07, 6.45) is 0.802. The Morgan fingerprint density at radius 3 is 2.56 bits per heavy atom. The van der Waals surface area contributed by atoms with Crippen LogP contribution in [0.3, 0.4) is 0 Å². The lowest BCUT2D eigenvalue weighted by molar-refractivity contribution is 0.454. The summed E-state index contributed by atoms with van der Waals surface area (Å²) in [4.78, 5) is 9.05. The summed E-state index contributed by atoms with van der Waals surface area (Å²) < 4.78 is 5.84. The Balaban J connectivity index is 1.79. The van der Waals surface area contributed by atoms with E-state index in [9.17, 15) is 5.26 Å². The van der Waals surface area contributed by atoms with E-state index in [1.807, 2.05) is 67.6 Å². The molecule has 0 saturated heterocycles. The zero-order valence-electron chi connectivity index (χ0n) is 13.8. The number of nitriles is 1. The van der Waals surface area contributed by atoms with Crippen molar-refractivity contribution in [1.29, 1.82) is 5.26 Å². The Bertz CT molecular complexity index is 891. The number of nitrogens with zero attached hydrogens (tertiary/aromatic N) is 3. The van der Waals surface area contributed by atoms with Crippen LogP contribution < -0.4 is 4.74 Å². The molecule has 0 fully saturated rings. The van der Waals surface area contributed by atoms with Crippen LogP contribution in [0.2, 0.25) is 0 Å². The first kappa shape index (κ1) is 17.0. The van der Waals surface area contributed by atoms with E-state index < -0.39 is 0 Å². The van der Waals surface area contributed by atoms with Crippen LogP contribution in [-0.4, -0.2) is 9.97 Å². The van der Waals surface area contributed by atoms with Crippen molar-refractivity contribution in [3.63, 3.8) is 0 Å². The molecule has 0 radical (unpaired) electrons. The Kier molecular flexibility index (Phi) is 5.65. The fraction of sp³-hybridized carbons (Fsp3) is 0.150. The molecular weight excluding hydrogens is 330 g/mol. The maximum absolute atomic E-state index is 9.20. The van der Waals surface area contributed by atoms with E-state index in [0.29, 0.717) is 22.4 Å². The van der Waals surface area contributed by atoms with Crippen LogP contribution in [0.5, 0.6) is 11.6 Å². The highest BCUT2D eigenvalue weighted by atomic mass is 32.2. The van der Waals surface area contributed by atoms with Gasteiger partial charge < -0.3 is 4.74 Å². The van der Waals surface area contributed by atoms with Gasteiger partial charge in [0.1, 0.15) is 5.75 Å². The third-order valence-electron chi connectivity index (χ3n) is 3.56. The molecule has 0 spiro atoms. The first-order chi connectivity index (χ1) is 12.3. The number of aromatic nitrogens is 2. The van der Waals surface area contributed by atoms with E-state index in [-0.39, 0.29) is 0 Å². The van der Waals surface area contributed by atoms with Crippen molar-refractivity contribution in [3.8, 4) is 17.7 Å². The molecule has 0 atom stereocenters. The Labute approximate surface area is 151 Å². The van der Waals surface area contributed by atoms with Gasteiger partial charge in [0.05, 0.1) is 11.6 Å². The molecule has 3 rings (SSSR count). The molecule has 0 N–H and O–H groups in total. The lowest BCUT2D eigenvalue weighted by Crippen LogP contribution is -1.97. The summed E-state index contributed by atoms with van der Waals surface area (Å²) in [5.41, 5.74) is 2.59. The molecule has 0 aliphatic heterocycles. The number of ether oxygens (including phenoxy) is 1. The van der Waals surface area contributed by atoms with Gasteiger partial charge in [-0.15, -0.1) is 0 Å². The molecule has 124 valence electrons. The Morgan fingerprint density at radius 1 is 1.04 bits per heavy atom. The lowest BCUT2D eigenvalue weighted by atomic mass is 10.1. The number of rotatable bonds is 6. The fourth-order valence-electron chi connectivity index (χ4n) is 2.25. The first-order valence-electron chi connectivity index (χ1n) is 8.00. The van der Waals surface area contributed by atoms with Crippen molar-refractivity contribution in [2.24, 2.45) is 0 Å². The van der Waals surface area contributed by atoms with Gasteiger partial charge >= 0.3 is 0 Å². The molecule has 5 heteroatoms. The minimum atomic E-state index is 0.536. The summed E-state index contributed by atoms with van der Waals surface area (Å²) in [6, 6.07) is 21.2. The summed E-state index contributed by atoms with van der Waals surface area (Å²) in [5.74, 6) is 1.92. The van der Waals surface area contributed by atoms with Gasteiger partial charge in [0, 0.05) is 17.5 Å². The van der Waals surface area contributed by atoms with Crippen LogP contribution in [0.1, 0.15) is 23.7 Å². The fourth-order valence-corrected chi connectivity index (χ4v) is 3.13. The van der Waals surface area contributed by atoms with Crippen molar-refractivity contribution >= 4 is 11.8 Å². The van der Waals surface area contributed by atoms with Crippen LogP contribution in [0.25, 0.3) is 0 Å². The number of aryl methyl sites for hydroxylation is 1. The van der Waals surface area contributed by atoms with Gasteiger partial charge in [-0.25, -0.2) is 4.98 Å². The monoisotopic (exact) mass is 347 g/mol. The molecule has 4 nitrogen and oxygen atoms in total. The molecule has 0 aliphatic rings. The summed E-state index contributed by atoms with van der Waals surface area (Å²) >= 11 is 1.50. The standard InChI is InChI=1S/C20H17N3OS/c1-2-17-12-19(24-18-10-4-3-5-11-18)23-20(22-17)25-14-16-9-7-6-8-15(16)13-21/h3-12H,2,14H2,1H3. The SMILES string of the molecule is CCc1cc(Oc2ccccc2)nc(SCc2ccccc2C#N)n1. The minimum Gasteiger partial charge on any atom is -0.439 e. The molecule has 0 saturated carbocycles. The van der Waals surface area contributed by atoms with Gasteiger partial charge in [-0.05, 0) is 30.2 Å². The van der Waals surface area contributed by atoms with Crippen LogP contribution >= 0.6 is 11.8 Å². The molecule has 0 amide bonds. The smallest absolute Gasteiger partial charge is 0.223 e. The van der Waals surface area contributed by atoms with Gasteiger partial charge in [0.15, 0.2) is 5.16 Å². The van der Waals surface area contributed by atoms with Crippen LogP contribution in [0, 0.1) is 11.3 Å². The normalized spacial score (nSPS) is 10.2. The summed E-state index contributed by atoms with van der Waals surface area (Å²) in [6.45, 7) is 2.05. The highest BCUT2D eigenvalue weighted by Crippen LogP contribution is 2.26. The molecule has 1 aromatic heterocycles. The van der Waals surface area contributed by atoms with Crippen molar-refractivity contribution in [1.82, 2.24) is 9.97 Å². The molecule has 2 aromatic carbocycles. The lowest BCUT2D eigenvalue weighted by Gasteiger charge is -2.09.